The topological polar surface area (TPSA) is 62.7 Å². The molecule has 1 fully saturated rings. The van der Waals surface area contributed by atoms with E-state index in [-0.39, 0.29) is 11.9 Å². The third-order valence-electron chi connectivity index (χ3n) is 5.08. The first kappa shape index (κ1) is 23.3. The molecule has 0 aliphatic heterocycles. The summed E-state index contributed by atoms with van der Waals surface area (Å²) in [6.07, 6.45) is 2.35. The van der Waals surface area contributed by atoms with Crippen LogP contribution in [0.1, 0.15) is 43.9 Å². The van der Waals surface area contributed by atoms with Gasteiger partial charge in [-0.1, -0.05) is 36.4 Å². The van der Waals surface area contributed by atoms with Crippen LogP contribution in [0.5, 0.6) is 5.75 Å². The molecule has 0 heterocycles. The number of nitrogens with one attached hydrogen (secondary N) is 2. The average Bonchev–Trinajstić information content (AvgIpc) is 3.58. The lowest BCUT2D eigenvalue weighted by molar-refractivity contribution is 0.285. The molecule has 0 radical (unpaired) electrons. The lowest BCUT2D eigenvalue weighted by Crippen LogP contribution is -2.39. The maximum atomic E-state index is 14.4. The highest BCUT2D eigenvalue weighted by Crippen LogP contribution is 2.30. The highest BCUT2D eigenvalue weighted by Gasteiger charge is 2.22. The number of nitrogens with zero attached hydrogens (tertiary/aromatic N) is 1. The van der Waals surface area contributed by atoms with Crippen molar-refractivity contribution in [1.82, 2.24) is 10.6 Å². The van der Waals surface area contributed by atoms with Gasteiger partial charge in [0, 0.05) is 28.9 Å². The zero-order valence-electron chi connectivity index (χ0n) is 18.3. The molecule has 1 saturated carbocycles. The number of aliphatic imine (C=N–C) groups is 1. The van der Waals surface area contributed by atoms with Gasteiger partial charge in [0.1, 0.15) is 0 Å². The summed E-state index contributed by atoms with van der Waals surface area (Å²) in [4.78, 5) is 4.54. The van der Waals surface area contributed by atoms with Gasteiger partial charge in [-0.2, -0.15) is 0 Å². The van der Waals surface area contributed by atoms with Crippen LogP contribution >= 0.6 is 0 Å². The summed E-state index contributed by atoms with van der Waals surface area (Å²) in [6.45, 7) is 5.69. The molecule has 0 amide bonds. The molecule has 3 rings (SSSR count). The molecule has 0 spiro atoms. The van der Waals surface area contributed by atoms with Gasteiger partial charge in [0.05, 0.1) is 19.2 Å². The Morgan fingerprint density at radius 2 is 2.03 bits per heavy atom. The van der Waals surface area contributed by atoms with Crippen molar-refractivity contribution >= 4 is 16.8 Å². The average molecular weight is 446 g/mol. The largest absolute Gasteiger partial charge is 0.490 e. The van der Waals surface area contributed by atoms with Gasteiger partial charge < -0.3 is 15.4 Å². The van der Waals surface area contributed by atoms with Crippen molar-refractivity contribution in [2.45, 2.75) is 38.5 Å². The van der Waals surface area contributed by atoms with Crippen molar-refractivity contribution in [3.05, 3.63) is 65.5 Å². The summed E-state index contributed by atoms with van der Waals surface area (Å²) < 4.78 is 32.3. The molecule has 0 saturated heterocycles. The fourth-order valence-corrected chi connectivity index (χ4v) is 4.10. The summed E-state index contributed by atoms with van der Waals surface area (Å²) in [5.74, 6) is 2.20. The van der Waals surface area contributed by atoms with Gasteiger partial charge in [-0.15, -0.1) is 0 Å². The van der Waals surface area contributed by atoms with Gasteiger partial charge in [-0.3, -0.25) is 9.20 Å². The first-order chi connectivity index (χ1) is 15.0. The van der Waals surface area contributed by atoms with E-state index in [0.717, 1.165) is 11.1 Å². The maximum absolute atomic E-state index is 14.4. The third kappa shape index (κ3) is 7.98. The van der Waals surface area contributed by atoms with E-state index in [0.29, 0.717) is 48.8 Å². The van der Waals surface area contributed by atoms with Crippen LogP contribution in [-0.2, 0) is 16.6 Å². The van der Waals surface area contributed by atoms with Gasteiger partial charge in [0.15, 0.2) is 17.5 Å². The smallest absolute Gasteiger partial charge is 0.191 e. The predicted molar refractivity (Wildman–Crippen MR) is 125 cm³/mol. The van der Waals surface area contributed by atoms with Crippen LogP contribution in [0, 0.1) is 11.7 Å². The minimum absolute atomic E-state index is 0.139. The zero-order valence-corrected chi connectivity index (χ0v) is 19.1. The first-order valence-electron chi connectivity index (χ1n) is 10.9. The van der Waals surface area contributed by atoms with Crippen LogP contribution in [0.25, 0.3) is 0 Å². The second-order valence-corrected chi connectivity index (χ2v) is 9.42. The second kappa shape index (κ2) is 11.8. The van der Waals surface area contributed by atoms with Crippen LogP contribution in [0.3, 0.4) is 0 Å². The molecule has 7 heteroatoms. The van der Waals surface area contributed by atoms with Crippen LogP contribution in [0.15, 0.2) is 53.5 Å². The van der Waals surface area contributed by atoms with Gasteiger partial charge in [-0.25, -0.2) is 4.39 Å². The molecule has 168 valence electrons. The summed E-state index contributed by atoms with van der Waals surface area (Å²) in [7, 11) is -0.973. The van der Waals surface area contributed by atoms with Crippen LogP contribution in [0.2, 0.25) is 0 Å². The van der Waals surface area contributed by atoms with Crippen molar-refractivity contribution in [1.29, 1.82) is 0 Å². The van der Waals surface area contributed by atoms with Gasteiger partial charge in [0.25, 0.3) is 0 Å². The van der Waals surface area contributed by atoms with Crippen LogP contribution < -0.4 is 15.4 Å². The molecule has 31 heavy (non-hydrogen) atoms. The third-order valence-corrected chi connectivity index (χ3v) is 6.38. The number of halogens is 1. The monoisotopic (exact) mass is 445 g/mol. The molecule has 2 unspecified atom stereocenters. The van der Waals surface area contributed by atoms with E-state index in [1.54, 1.807) is 6.07 Å². The highest BCUT2D eigenvalue weighted by atomic mass is 32.2. The molecule has 1 aliphatic carbocycles. The number of hydrogen-bond acceptors (Lipinski definition) is 3. The standard InChI is InChI=1S/C24H32FN3O2S/c1-3-26-24(27-13-14-31(29)17-20-7-5-4-6-8-20)28-18(2)21-11-12-23(22(25)15-21)30-16-19-9-10-19/h4-8,11-12,15,18-19H,3,9-10,13-14,16-17H2,1-2H3,(H2,26,27,28). The zero-order chi connectivity index (χ0) is 22.1. The number of ether oxygens (including phenoxy) is 1. The number of guanidine groups is 1. The minimum atomic E-state index is -0.973. The Hall–Kier alpha value is -2.41. The fraction of sp³-hybridized carbons (Fsp3) is 0.458. The molecule has 2 aromatic rings. The van der Waals surface area contributed by atoms with Crippen molar-refractivity contribution in [2.75, 3.05) is 25.4 Å². The van der Waals surface area contributed by atoms with Crippen LogP contribution in [-0.4, -0.2) is 35.6 Å². The van der Waals surface area contributed by atoms with Crippen molar-refractivity contribution in [3.63, 3.8) is 0 Å². The molecular weight excluding hydrogens is 413 g/mol. The minimum Gasteiger partial charge on any atom is -0.490 e. The number of rotatable bonds is 11. The van der Waals surface area contributed by atoms with E-state index in [4.69, 9.17) is 4.74 Å². The number of benzene rings is 2. The van der Waals surface area contributed by atoms with Crippen molar-refractivity contribution < 1.29 is 13.3 Å². The Morgan fingerprint density at radius 3 is 2.71 bits per heavy atom. The van der Waals surface area contributed by atoms with E-state index in [1.165, 1.54) is 18.9 Å². The maximum Gasteiger partial charge on any atom is 0.191 e. The summed E-state index contributed by atoms with van der Waals surface area (Å²) in [6, 6.07) is 14.8. The van der Waals surface area contributed by atoms with E-state index >= 15 is 0 Å². The molecule has 2 atom stereocenters. The van der Waals surface area contributed by atoms with Gasteiger partial charge in [0.2, 0.25) is 0 Å². The summed E-state index contributed by atoms with van der Waals surface area (Å²) in [5, 5.41) is 6.49. The Bertz CT molecular complexity index is 888. The van der Waals surface area contributed by atoms with Crippen LogP contribution in [0.4, 0.5) is 4.39 Å². The Labute approximate surface area is 187 Å². The molecule has 2 N–H and O–H groups in total. The van der Waals surface area contributed by atoms with E-state index in [2.05, 4.69) is 15.6 Å². The molecule has 1 aliphatic rings. The van der Waals surface area contributed by atoms with Gasteiger partial charge >= 0.3 is 0 Å². The van der Waals surface area contributed by atoms with Crippen molar-refractivity contribution in [3.8, 4) is 5.75 Å². The second-order valence-electron chi connectivity index (χ2n) is 7.84. The molecule has 0 bridgehead atoms. The van der Waals surface area contributed by atoms with E-state index in [9.17, 15) is 8.60 Å². The Kier molecular flexibility index (Phi) is 8.88. The molecule has 0 aromatic heterocycles. The first-order valence-corrected chi connectivity index (χ1v) is 12.4. The van der Waals surface area contributed by atoms with Crippen molar-refractivity contribution in [2.24, 2.45) is 10.9 Å². The summed E-state index contributed by atoms with van der Waals surface area (Å²) in [5.41, 5.74) is 1.88. The molecule has 5 nitrogen and oxygen atoms in total. The Morgan fingerprint density at radius 1 is 1.26 bits per heavy atom. The predicted octanol–water partition coefficient (Wildman–Crippen LogP) is 4.18. The quantitative estimate of drug-likeness (QED) is 0.402. The summed E-state index contributed by atoms with van der Waals surface area (Å²) >= 11 is 0. The fourth-order valence-electron chi connectivity index (χ4n) is 3.10. The molecular formula is C24H32FN3O2S. The van der Waals surface area contributed by atoms with E-state index in [1.807, 2.05) is 50.2 Å². The lowest BCUT2D eigenvalue weighted by atomic mass is 10.1. The molecule has 2 aromatic carbocycles. The lowest BCUT2D eigenvalue weighted by Gasteiger charge is -2.19. The number of hydrogen-bond donors (Lipinski definition) is 2. The highest BCUT2D eigenvalue weighted by molar-refractivity contribution is 7.84. The SMILES string of the molecule is CCNC(=NCCS(=O)Cc1ccccc1)NC(C)c1ccc(OCC2CC2)c(F)c1. The normalized spacial score (nSPS) is 15.9. The Balaban J connectivity index is 1.51. The van der Waals surface area contributed by atoms with E-state index < -0.39 is 10.8 Å². The van der Waals surface area contributed by atoms with Gasteiger partial charge in [-0.05, 0) is 55.9 Å².